The van der Waals surface area contributed by atoms with Gasteiger partial charge in [-0.15, -0.1) is 0 Å². The Balaban J connectivity index is 1.40. The molecular formula is C29H22ClN3O6S2. The Morgan fingerprint density at radius 1 is 0.976 bits per heavy atom. The molecule has 12 heteroatoms. The molecule has 6 rings (SSSR count). The average molecular weight is 608 g/mol. The van der Waals surface area contributed by atoms with Crippen molar-refractivity contribution in [2.24, 2.45) is 5.92 Å². The van der Waals surface area contributed by atoms with Crippen LogP contribution in [0.25, 0.3) is 0 Å². The second-order valence-corrected chi connectivity index (χ2v) is 12.1. The number of benzene rings is 3. The highest BCUT2D eigenvalue weighted by molar-refractivity contribution is 8.00. The van der Waals surface area contributed by atoms with Crippen LogP contribution < -0.4 is 19.8 Å². The van der Waals surface area contributed by atoms with Crippen molar-refractivity contribution in [2.45, 2.75) is 22.7 Å². The lowest BCUT2D eigenvalue weighted by Gasteiger charge is -2.30. The van der Waals surface area contributed by atoms with Gasteiger partial charge in [-0.1, -0.05) is 46.8 Å². The lowest BCUT2D eigenvalue weighted by atomic mass is 9.83. The minimum absolute atomic E-state index is 0.0603. The van der Waals surface area contributed by atoms with Gasteiger partial charge >= 0.3 is 4.87 Å². The van der Waals surface area contributed by atoms with Gasteiger partial charge in [-0.05, 0) is 66.2 Å². The number of hydrogen-bond acceptors (Lipinski definition) is 8. The molecule has 3 heterocycles. The number of imide groups is 1. The first kappa shape index (κ1) is 27.1. The van der Waals surface area contributed by atoms with Crippen LogP contribution in [0, 0.1) is 5.92 Å². The zero-order valence-electron chi connectivity index (χ0n) is 21.4. The van der Waals surface area contributed by atoms with Crippen molar-refractivity contribution in [1.82, 2.24) is 4.57 Å². The van der Waals surface area contributed by atoms with Crippen LogP contribution in [0.4, 0.5) is 11.4 Å². The minimum atomic E-state index is -0.807. The summed E-state index contributed by atoms with van der Waals surface area (Å²) in [7, 11) is 1.55. The summed E-state index contributed by atoms with van der Waals surface area (Å²) in [5, 5.41) is 12.4. The van der Waals surface area contributed by atoms with Gasteiger partial charge in [0.15, 0.2) is 0 Å². The van der Waals surface area contributed by atoms with E-state index < -0.39 is 28.9 Å². The number of aromatic nitrogens is 1. The van der Waals surface area contributed by atoms with E-state index in [4.69, 9.17) is 16.3 Å². The Labute approximate surface area is 247 Å². The summed E-state index contributed by atoms with van der Waals surface area (Å²) in [5.41, 5.74) is 1.63. The maximum atomic E-state index is 13.9. The van der Waals surface area contributed by atoms with Crippen LogP contribution >= 0.6 is 34.7 Å². The number of nitrogens with one attached hydrogen (secondary N) is 1. The Bertz CT molecular complexity index is 1720. The number of anilines is 2. The second-order valence-electron chi connectivity index (χ2n) is 9.52. The van der Waals surface area contributed by atoms with Gasteiger partial charge < -0.3 is 15.2 Å². The first-order valence-electron chi connectivity index (χ1n) is 12.5. The maximum absolute atomic E-state index is 13.9. The maximum Gasteiger partial charge on any atom is 0.308 e. The molecular weight excluding hydrogens is 586 g/mol. The molecule has 208 valence electrons. The van der Waals surface area contributed by atoms with Crippen LogP contribution in [0.5, 0.6) is 11.5 Å². The van der Waals surface area contributed by atoms with Crippen LogP contribution in [-0.2, 0) is 20.9 Å². The number of halogens is 1. The van der Waals surface area contributed by atoms with E-state index >= 15 is 0 Å². The molecule has 0 radical (unpaired) electrons. The molecule has 3 aromatic carbocycles. The Kier molecular flexibility index (Phi) is 7.10. The fraction of sp³-hybridized carbons (Fsp3) is 0.172. The fourth-order valence-electron chi connectivity index (χ4n) is 5.16. The first-order valence-corrected chi connectivity index (χ1v) is 14.6. The summed E-state index contributed by atoms with van der Waals surface area (Å²) in [6.45, 7) is -0.283. The molecule has 4 aromatic rings. The summed E-state index contributed by atoms with van der Waals surface area (Å²) in [6, 6.07) is 19.7. The normalized spacial score (nSPS) is 19.6. The van der Waals surface area contributed by atoms with Gasteiger partial charge in [-0.25, -0.2) is 4.90 Å². The minimum Gasteiger partial charge on any atom is -0.508 e. The molecule has 3 unspecified atom stereocenters. The SMILES string of the molecule is COc1ccc(C2c3sc(=O)n(CC(=O)Nc4ccc(O)cc4)c3SC3C(=O)N(c4ccc(Cl)cc4)C(=O)C32)cc1. The fourth-order valence-corrected chi connectivity index (χ4v) is 8.06. The number of rotatable bonds is 6. The number of nitrogens with zero attached hydrogens (tertiary/aromatic N) is 2. The second kappa shape index (κ2) is 10.7. The molecule has 41 heavy (non-hydrogen) atoms. The monoisotopic (exact) mass is 607 g/mol. The standard InChI is InChI=1S/C29H22ClN3O6S2/c1-39-20-12-2-15(3-13-20)22-23-24(27(37)33(26(23)36)18-8-4-16(30)5-9-18)40-28-25(22)41-29(38)32(28)14-21(35)31-17-6-10-19(34)11-7-17/h2-13,22-24,34H,14H2,1H3,(H,31,35). The van der Waals surface area contributed by atoms with Crippen molar-refractivity contribution >= 4 is 63.8 Å². The molecule has 1 saturated heterocycles. The zero-order valence-corrected chi connectivity index (χ0v) is 23.8. The molecule has 1 fully saturated rings. The van der Waals surface area contributed by atoms with Crippen LogP contribution in [-0.4, -0.2) is 39.8 Å². The van der Waals surface area contributed by atoms with Crippen LogP contribution in [0.1, 0.15) is 16.4 Å². The van der Waals surface area contributed by atoms with Gasteiger partial charge in [0.1, 0.15) is 23.3 Å². The van der Waals surface area contributed by atoms with Crippen molar-refractivity contribution < 1.29 is 24.2 Å². The van der Waals surface area contributed by atoms with Crippen molar-refractivity contribution in [3.63, 3.8) is 0 Å². The number of aromatic hydroxyl groups is 1. The lowest BCUT2D eigenvalue weighted by molar-refractivity contribution is -0.122. The highest BCUT2D eigenvalue weighted by atomic mass is 35.5. The van der Waals surface area contributed by atoms with Gasteiger partial charge in [-0.3, -0.25) is 23.7 Å². The van der Waals surface area contributed by atoms with Crippen LogP contribution in [0.2, 0.25) is 5.02 Å². The molecule has 1 aromatic heterocycles. The van der Waals surface area contributed by atoms with Crippen molar-refractivity contribution in [3.8, 4) is 11.5 Å². The molecule has 9 nitrogen and oxygen atoms in total. The lowest BCUT2D eigenvalue weighted by Crippen LogP contribution is -2.33. The number of thiazole rings is 1. The number of thioether (sulfide) groups is 1. The number of ether oxygens (including phenoxy) is 1. The van der Waals surface area contributed by atoms with Gasteiger partial charge in [0, 0.05) is 21.5 Å². The van der Waals surface area contributed by atoms with Gasteiger partial charge in [0.05, 0.1) is 23.7 Å². The largest absolute Gasteiger partial charge is 0.508 e. The average Bonchev–Trinajstić information content (AvgIpc) is 3.41. The Morgan fingerprint density at radius 2 is 1.66 bits per heavy atom. The molecule has 0 spiro atoms. The number of phenols is 1. The van der Waals surface area contributed by atoms with E-state index in [0.29, 0.717) is 32.1 Å². The Hall–Kier alpha value is -4.06. The number of carbonyl (C=O) groups excluding carboxylic acids is 3. The highest BCUT2D eigenvalue weighted by Crippen LogP contribution is 2.54. The van der Waals surface area contributed by atoms with E-state index in [1.807, 2.05) is 12.1 Å². The quantitative estimate of drug-likeness (QED) is 0.241. The third-order valence-electron chi connectivity index (χ3n) is 7.06. The number of methoxy groups -OCH3 is 1. The summed E-state index contributed by atoms with van der Waals surface area (Å²) < 4.78 is 6.66. The topological polar surface area (TPSA) is 118 Å². The van der Waals surface area contributed by atoms with Crippen molar-refractivity contribution in [1.29, 1.82) is 0 Å². The first-order chi connectivity index (χ1) is 19.7. The molecule has 0 aliphatic carbocycles. The number of phenolic OH excluding ortho intramolecular Hbond substituents is 1. The molecule has 3 atom stereocenters. The van der Waals surface area contributed by atoms with E-state index in [1.165, 1.54) is 21.6 Å². The van der Waals surface area contributed by atoms with Gasteiger partial charge in [0.2, 0.25) is 17.7 Å². The van der Waals surface area contributed by atoms with E-state index in [9.17, 15) is 24.3 Å². The third-order valence-corrected chi connectivity index (χ3v) is 9.92. The molecule has 0 bridgehead atoms. The Morgan fingerprint density at radius 3 is 2.32 bits per heavy atom. The summed E-state index contributed by atoms with van der Waals surface area (Å²) in [5.74, 6) is -1.86. The smallest absolute Gasteiger partial charge is 0.308 e. The zero-order chi connectivity index (χ0) is 28.8. The molecule has 2 aliphatic rings. The summed E-state index contributed by atoms with van der Waals surface area (Å²) in [6.07, 6.45) is 0. The van der Waals surface area contributed by atoms with E-state index in [2.05, 4.69) is 5.32 Å². The van der Waals surface area contributed by atoms with Gasteiger partial charge in [0.25, 0.3) is 0 Å². The highest BCUT2D eigenvalue weighted by Gasteiger charge is 2.56. The number of carbonyl (C=O) groups is 3. The van der Waals surface area contributed by atoms with Crippen molar-refractivity contribution in [3.05, 3.63) is 97.9 Å². The predicted octanol–water partition coefficient (Wildman–Crippen LogP) is 4.71. The number of hydrogen-bond donors (Lipinski definition) is 2. The third kappa shape index (κ3) is 4.90. The van der Waals surface area contributed by atoms with Gasteiger partial charge in [-0.2, -0.15) is 0 Å². The van der Waals surface area contributed by atoms with Crippen LogP contribution in [0.15, 0.2) is 82.6 Å². The molecule has 0 saturated carbocycles. The van der Waals surface area contributed by atoms with Crippen LogP contribution in [0.3, 0.4) is 0 Å². The molecule has 2 N–H and O–H groups in total. The van der Waals surface area contributed by atoms with E-state index in [0.717, 1.165) is 28.7 Å². The van der Waals surface area contributed by atoms with Crippen molar-refractivity contribution in [2.75, 3.05) is 17.3 Å². The predicted molar refractivity (Wildman–Crippen MR) is 157 cm³/mol. The molecule has 3 amide bonds. The van der Waals surface area contributed by atoms with E-state index in [1.54, 1.807) is 55.6 Å². The number of amides is 3. The summed E-state index contributed by atoms with van der Waals surface area (Å²) >= 11 is 8.16. The summed E-state index contributed by atoms with van der Waals surface area (Å²) in [4.78, 5) is 55.4. The number of fused-ring (bicyclic) bond motifs is 2. The van der Waals surface area contributed by atoms with E-state index in [-0.39, 0.29) is 23.1 Å². The molecule has 2 aliphatic heterocycles.